The fourth-order valence-electron chi connectivity index (χ4n) is 4.19. The third kappa shape index (κ3) is 7.46. The number of nitrogens with one attached hydrogen (secondary N) is 2. The fourth-order valence-corrected chi connectivity index (χ4v) is 4.41. The summed E-state index contributed by atoms with van der Waals surface area (Å²) in [6.07, 6.45) is 9.53. The molecule has 0 aromatic heterocycles. The van der Waals surface area contributed by atoms with Crippen molar-refractivity contribution in [2.75, 3.05) is 25.0 Å². The summed E-state index contributed by atoms with van der Waals surface area (Å²) >= 11 is 4.23. The Hall–Kier alpha value is -3.07. The van der Waals surface area contributed by atoms with Crippen LogP contribution in [0.1, 0.15) is 57.4 Å². The van der Waals surface area contributed by atoms with Gasteiger partial charge in [0.2, 0.25) is 17.7 Å². The van der Waals surface area contributed by atoms with E-state index in [1.165, 1.54) is 16.9 Å². The minimum atomic E-state index is -0.730. The Morgan fingerprint density at radius 2 is 1.78 bits per heavy atom. The fraction of sp³-hybridized carbons (Fsp3) is 0.481. The van der Waals surface area contributed by atoms with Gasteiger partial charge in [-0.15, -0.1) is 0 Å². The highest BCUT2D eigenvalue weighted by molar-refractivity contribution is 7.79. The molecule has 36 heavy (non-hydrogen) atoms. The number of carbonyl (C=O) groups is 4. The van der Waals surface area contributed by atoms with Gasteiger partial charge in [0.15, 0.2) is 0 Å². The summed E-state index contributed by atoms with van der Waals surface area (Å²) in [7, 11) is 1.66. The van der Waals surface area contributed by atoms with E-state index in [-0.39, 0.29) is 24.3 Å². The molecule has 9 heteroatoms. The number of benzene rings is 1. The van der Waals surface area contributed by atoms with Gasteiger partial charge >= 0.3 is 0 Å². The number of hydrogen-bond donors (Lipinski definition) is 3. The average Bonchev–Trinajstić information content (AvgIpc) is 3.20. The molecule has 2 aliphatic rings. The van der Waals surface area contributed by atoms with Crippen LogP contribution in [0.5, 0.6) is 0 Å². The summed E-state index contributed by atoms with van der Waals surface area (Å²) in [5, 5.41) is 5.25. The van der Waals surface area contributed by atoms with Gasteiger partial charge in [0.25, 0.3) is 5.91 Å². The van der Waals surface area contributed by atoms with Crippen molar-refractivity contribution in [3.05, 3.63) is 53.3 Å². The predicted octanol–water partition coefficient (Wildman–Crippen LogP) is 3.10. The number of thiol groups is 1. The van der Waals surface area contributed by atoms with Crippen LogP contribution < -0.4 is 15.5 Å². The van der Waals surface area contributed by atoms with Crippen molar-refractivity contribution in [3.63, 3.8) is 0 Å². The molecular weight excluding hydrogens is 476 g/mol. The van der Waals surface area contributed by atoms with Crippen LogP contribution in [0.2, 0.25) is 0 Å². The highest BCUT2D eigenvalue weighted by atomic mass is 32.1. The third-order valence-electron chi connectivity index (χ3n) is 6.58. The molecule has 8 nitrogen and oxygen atoms in total. The highest BCUT2D eigenvalue weighted by Crippen LogP contribution is 2.33. The largest absolute Gasteiger partial charge is 0.347 e. The first kappa shape index (κ1) is 27.5. The smallest absolute Gasteiger partial charge is 0.251 e. The first-order valence-corrected chi connectivity index (χ1v) is 13.2. The van der Waals surface area contributed by atoms with E-state index in [1.54, 1.807) is 20.0 Å². The van der Waals surface area contributed by atoms with E-state index in [0.717, 1.165) is 42.6 Å². The van der Waals surface area contributed by atoms with Gasteiger partial charge in [0.1, 0.15) is 6.04 Å². The molecule has 2 N–H and O–H groups in total. The zero-order valence-corrected chi connectivity index (χ0v) is 22.0. The Morgan fingerprint density at radius 3 is 2.42 bits per heavy atom. The van der Waals surface area contributed by atoms with Gasteiger partial charge in [-0.2, -0.15) is 12.6 Å². The van der Waals surface area contributed by atoms with Crippen LogP contribution in [0.4, 0.5) is 5.69 Å². The van der Waals surface area contributed by atoms with Crippen molar-refractivity contribution in [1.82, 2.24) is 15.5 Å². The minimum Gasteiger partial charge on any atom is -0.347 e. The summed E-state index contributed by atoms with van der Waals surface area (Å²) in [4.78, 5) is 52.4. The molecule has 0 bridgehead atoms. The topological polar surface area (TPSA) is 98.8 Å². The Bertz CT molecular complexity index is 1030. The quantitative estimate of drug-likeness (QED) is 0.296. The molecule has 1 aliphatic heterocycles. The van der Waals surface area contributed by atoms with Crippen molar-refractivity contribution in [2.24, 2.45) is 0 Å². The molecule has 1 aliphatic carbocycles. The summed E-state index contributed by atoms with van der Waals surface area (Å²) < 4.78 is 0. The van der Waals surface area contributed by atoms with Crippen LogP contribution in [0.15, 0.2) is 47.7 Å². The molecule has 0 spiro atoms. The number of carbonyl (C=O) groups excluding carboxylic acids is 4. The molecular formula is C27H36N4O4S. The first-order valence-electron chi connectivity index (χ1n) is 12.5. The SMILES string of the molecule is CC(NC(=O)CNC(=O)CCCCCN1C(=O)C=CC1=C1CCC1)C(=O)N(C)c1ccc(CS)cc1. The van der Waals surface area contributed by atoms with E-state index >= 15 is 0 Å². The van der Waals surface area contributed by atoms with Crippen molar-refractivity contribution in [3.8, 4) is 0 Å². The predicted molar refractivity (Wildman–Crippen MR) is 143 cm³/mol. The van der Waals surface area contributed by atoms with Crippen LogP contribution in [-0.4, -0.2) is 54.7 Å². The normalized spacial score (nSPS) is 15.5. The summed E-state index contributed by atoms with van der Waals surface area (Å²) in [6.45, 7) is 2.10. The van der Waals surface area contributed by atoms with E-state index in [9.17, 15) is 19.2 Å². The lowest BCUT2D eigenvalue weighted by Gasteiger charge is -2.26. The lowest BCUT2D eigenvalue weighted by Crippen LogP contribution is -2.48. The minimum absolute atomic E-state index is 0.0402. The molecule has 1 aromatic carbocycles. The molecule has 0 saturated heterocycles. The van der Waals surface area contributed by atoms with Gasteiger partial charge in [-0.05, 0) is 68.4 Å². The van der Waals surface area contributed by atoms with Crippen molar-refractivity contribution in [2.45, 2.75) is 63.7 Å². The van der Waals surface area contributed by atoms with E-state index in [0.29, 0.717) is 25.1 Å². The number of likely N-dealkylation sites (N-methyl/N-ethyl adjacent to an activating group) is 1. The zero-order chi connectivity index (χ0) is 26.1. The Kier molecular flexibility index (Phi) is 10.2. The lowest BCUT2D eigenvalue weighted by atomic mass is 9.90. The molecule has 194 valence electrons. The van der Waals surface area contributed by atoms with Gasteiger partial charge in [0.05, 0.1) is 6.54 Å². The molecule has 1 unspecified atom stereocenters. The molecule has 1 fully saturated rings. The Balaban J connectivity index is 1.30. The molecule has 1 saturated carbocycles. The second kappa shape index (κ2) is 13.3. The average molecular weight is 513 g/mol. The first-order chi connectivity index (χ1) is 17.3. The maximum Gasteiger partial charge on any atom is 0.251 e. The van der Waals surface area contributed by atoms with Gasteiger partial charge in [-0.25, -0.2) is 0 Å². The summed E-state index contributed by atoms with van der Waals surface area (Å²) in [6, 6.07) is 6.74. The van der Waals surface area contributed by atoms with Crippen molar-refractivity contribution >= 4 is 41.9 Å². The van der Waals surface area contributed by atoms with E-state index in [1.807, 2.05) is 35.2 Å². The molecule has 1 heterocycles. The maximum atomic E-state index is 12.6. The third-order valence-corrected chi connectivity index (χ3v) is 6.94. The number of amides is 4. The standard InChI is InChI=1S/C27H36N4O4S/c1-19(27(35)30(2)22-12-10-20(18-36)11-13-22)29-25(33)17-28-24(32)9-4-3-5-16-31-23(14-15-26(31)34)21-7-6-8-21/h10-15,19,36H,3-9,16-18H2,1-2H3,(H,28,32)(H,29,33). The Morgan fingerprint density at radius 1 is 1.06 bits per heavy atom. The van der Waals surface area contributed by atoms with E-state index in [4.69, 9.17) is 0 Å². The number of rotatable bonds is 12. The number of hydrogen-bond acceptors (Lipinski definition) is 5. The van der Waals surface area contributed by atoms with Gasteiger partial charge < -0.3 is 20.4 Å². The number of unbranched alkanes of at least 4 members (excludes halogenated alkanes) is 2. The van der Waals surface area contributed by atoms with Gasteiger partial charge in [-0.3, -0.25) is 19.2 Å². The summed E-state index contributed by atoms with van der Waals surface area (Å²) in [5.41, 5.74) is 4.21. The second-order valence-electron chi connectivity index (χ2n) is 9.26. The van der Waals surface area contributed by atoms with Crippen LogP contribution in [0.25, 0.3) is 0 Å². The molecule has 1 aromatic rings. The Labute approximate surface area is 218 Å². The second-order valence-corrected chi connectivity index (χ2v) is 9.58. The molecule has 3 rings (SSSR count). The number of nitrogens with zero attached hydrogens (tertiary/aromatic N) is 2. The van der Waals surface area contributed by atoms with Crippen LogP contribution in [0.3, 0.4) is 0 Å². The van der Waals surface area contributed by atoms with Crippen LogP contribution in [0, 0.1) is 0 Å². The maximum absolute atomic E-state index is 12.6. The highest BCUT2D eigenvalue weighted by Gasteiger charge is 2.25. The van der Waals surface area contributed by atoms with E-state index in [2.05, 4.69) is 23.3 Å². The van der Waals surface area contributed by atoms with Crippen molar-refractivity contribution < 1.29 is 19.2 Å². The number of allylic oxidation sites excluding steroid dienone is 2. The molecule has 0 radical (unpaired) electrons. The van der Waals surface area contributed by atoms with E-state index < -0.39 is 11.9 Å². The monoisotopic (exact) mass is 512 g/mol. The van der Waals surface area contributed by atoms with Crippen molar-refractivity contribution in [1.29, 1.82) is 0 Å². The van der Waals surface area contributed by atoms with Crippen LogP contribution >= 0.6 is 12.6 Å². The molecule has 4 amide bonds. The van der Waals surface area contributed by atoms with Gasteiger partial charge in [0, 0.05) is 43.2 Å². The summed E-state index contributed by atoms with van der Waals surface area (Å²) in [5.74, 6) is -0.219. The number of anilines is 1. The molecule has 1 atom stereocenters. The van der Waals surface area contributed by atoms with Crippen LogP contribution in [-0.2, 0) is 24.9 Å². The lowest BCUT2D eigenvalue weighted by molar-refractivity contribution is -0.128. The van der Waals surface area contributed by atoms with Gasteiger partial charge in [-0.1, -0.05) is 18.6 Å². The zero-order valence-electron chi connectivity index (χ0n) is 21.1.